The number of nitrogen functional groups attached to an aromatic ring is 1. The Kier molecular flexibility index (Phi) is 3.39. The van der Waals surface area contributed by atoms with Gasteiger partial charge in [0.15, 0.2) is 23.1 Å². The zero-order chi connectivity index (χ0) is 15.0. The molecule has 8 heteroatoms. The van der Waals surface area contributed by atoms with Crippen LogP contribution in [0.4, 0.5) is 19.0 Å². The summed E-state index contributed by atoms with van der Waals surface area (Å²) in [5.41, 5.74) is 5.11. The number of hydrogen-bond donors (Lipinski definition) is 1. The maximum atomic E-state index is 13.8. The van der Waals surface area contributed by atoms with E-state index >= 15 is 0 Å². The van der Waals surface area contributed by atoms with Crippen LogP contribution in [0.3, 0.4) is 0 Å². The van der Waals surface area contributed by atoms with Crippen molar-refractivity contribution in [3.63, 3.8) is 0 Å². The number of carbonyl (C=O) groups is 1. The van der Waals surface area contributed by atoms with Crippen molar-refractivity contribution in [2.75, 3.05) is 12.8 Å². The number of anilines is 1. The summed E-state index contributed by atoms with van der Waals surface area (Å²) in [6, 6.07) is 1.75. The van der Waals surface area contributed by atoms with Crippen molar-refractivity contribution >= 4 is 11.8 Å². The van der Waals surface area contributed by atoms with Gasteiger partial charge < -0.3 is 10.5 Å². The van der Waals surface area contributed by atoms with Crippen LogP contribution in [0.1, 0.15) is 16.3 Å². The predicted molar refractivity (Wildman–Crippen MR) is 63.9 cm³/mol. The van der Waals surface area contributed by atoms with E-state index in [1.807, 2.05) is 0 Å². The van der Waals surface area contributed by atoms with E-state index in [0.717, 1.165) is 23.8 Å². The number of benzene rings is 1. The minimum atomic E-state index is -1.63. The van der Waals surface area contributed by atoms with Crippen LogP contribution in [-0.4, -0.2) is 22.6 Å². The molecule has 20 heavy (non-hydrogen) atoms. The third-order valence-corrected chi connectivity index (χ3v) is 2.72. The SMILES string of the molecule is COC(=O)c1nc(C)n(-c2ccc(F)c(F)c2F)c1N. The van der Waals surface area contributed by atoms with Gasteiger partial charge in [-0.25, -0.2) is 22.9 Å². The first kappa shape index (κ1) is 13.9. The van der Waals surface area contributed by atoms with Crippen molar-refractivity contribution < 1.29 is 22.7 Å². The van der Waals surface area contributed by atoms with Crippen LogP contribution >= 0.6 is 0 Å². The molecule has 5 nitrogen and oxygen atoms in total. The van der Waals surface area contributed by atoms with Gasteiger partial charge in [-0.15, -0.1) is 0 Å². The number of aromatic nitrogens is 2. The molecule has 1 heterocycles. The lowest BCUT2D eigenvalue weighted by atomic mass is 10.2. The molecule has 0 atom stereocenters. The van der Waals surface area contributed by atoms with Crippen LogP contribution in [0, 0.1) is 24.4 Å². The second kappa shape index (κ2) is 4.87. The average Bonchev–Trinajstić information content (AvgIpc) is 2.72. The first-order valence-electron chi connectivity index (χ1n) is 5.45. The smallest absolute Gasteiger partial charge is 0.360 e. The monoisotopic (exact) mass is 285 g/mol. The number of aryl methyl sites for hydroxylation is 1. The van der Waals surface area contributed by atoms with Gasteiger partial charge in [-0.1, -0.05) is 0 Å². The molecule has 0 aliphatic heterocycles. The highest BCUT2D eigenvalue weighted by Gasteiger charge is 2.23. The number of methoxy groups -OCH3 is 1. The average molecular weight is 285 g/mol. The summed E-state index contributed by atoms with van der Waals surface area (Å²) in [7, 11) is 1.13. The number of rotatable bonds is 2. The Balaban J connectivity index is 2.68. The Morgan fingerprint density at radius 2 is 1.95 bits per heavy atom. The fraction of sp³-hybridized carbons (Fsp3) is 0.167. The van der Waals surface area contributed by atoms with Gasteiger partial charge in [-0.2, -0.15) is 0 Å². The standard InChI is InChI=1S/C12H10F3N3O2/c1-5-17-10(12(19)20-2)11(16)18(5)7-4-3-6(13)8(14)9(7)15/h3-4H,16H2,1-2H3. The van der Waals surface area contributed by atoms with E-state index < -0.39 is 23.4 Å². The second-order valence-corrected chi connectivity index (χ2v) is 3.91. The Morgan fingerprint density at radius 1 is 1.30 bits per heavy atom. The number of carbonyl (C=O) groups excluding carboxylic acids is 1. The topological polar surface area (TPSA) is 70.1 Å². The van der Waals surface area contributed by atoms with Crippen LogP contribution in [-0.2, 0) is 4.74 Å². The lowest BCUT2D eigenvalue weighted by molar-refractivity contribution is 0.0596. The van der Waals surface area contributed by atoms with Gasteiger partial charge >= 0.3 is 5.97 Å². The van der Waals surface area contributed by atoms with Gasteiger partial charge in [0.05, 0.1) is 12.8 Å². The van der Waals surface area contributed by atoms with E-state index in [9.17, 15) is 18.0 Å². The van der Waals surface area contributed by atoms with E-state index in [0.29, 0.717) is 0 Å². The molecule has 2 aromatic rings. The third-order valence-electron chi connectivity index (χ3n) is 2.72. The van der Waals surface area contributed by atoms with E-state index in [1.54, 1.807) is 0 Å². The van der Waals surface area contributed by atoms with Crippen LogP contribution in [0.2, 0.25) is 0 Å². The van der Waals surface area contributed by atoms with E-state index in [2.05, 4.69) is 9.72 Å². The molecule has 0 spiro atoms. The molecule has 1 aromatic heterocycles. The second-order valence-electron chi connectivity index (χ2n) is 3.91. The molecular weight excluding hydrogens is 275 g/mol. The lowest BCUT2D eigenvalue weighted by Crippen LogP contribution is -2.09. The highest BCUT2D eigenvalue weighted by molar-refractivity contribution is 5.92. The molecule has 2 N–H and O–H groups in total. The van der Waals surface area contributed by atoms with Crippen molar-refractivity contribution in [2.24, 2.45) is 0 Å². The van der Waals surface area contributed by atoms with Crippen molar-refractivity contribution in [3.8, 4) is 5.69 Å². The molecule has 0 fully saturated rings. The van der Waals surface area contributed by atoms with Crippen molar-refractivity contribution in [1.82, 2.24) is 9.55 Å². The van der Waals surface area contributed by atoms with Crippen LogP contribution in [0.15, 0.2) is 12.1 Å². The van der Waals surface area contributed by atoms with E-state index in [-0.39, 0.29) is 23.0 Å². The summed E-state index contributed by atoms with van der Waals surface area (Å²) in [4.78, 5) is 15.3. The lowest BCUT2D eigenvalue weighted by Gasteiger charge is -2.09. The molecule has 2 rings (SSSR count). The Hall–Kier alpha value is -2.51. The van der Waals surface area contributed by atoms with Gasteiger partial charge in [0, 0.05) is 0 Å². The maximum absolute atomic E-state index is 13.8. The molecule has 0 bridgehead atoms. The quantitative estimate of drug-likeness (QED) is 0.676. The normalized spacial score (nSPS) is 10.7. The van der Waals surface area contributed by atoms with Crippen LogP contribution in [0.5, 0.6) is 0 Å². The number of nitrogens with zero attached hydrogens (tertiary/aromatic N) is 2. The summed E-state index contributed by atoms with van der Waals surface area (Å²) < 4.78 is 45.4. The zero-order valence-electron chi connectivity index (χ0n) is 10.6. The van der Waals surface area contributed by atoms with Crippen molar-refractivity contribution in [2.45, 2.75) is 6.92 Å². The van der Waals surface area contributed by atoms with Gasteiger partial charge in [0.1, 0.15) is 11.6 Å². The first-order chi connectivity index (χ1) is 9.38. The Bertz CT molecular complexity index is 698. The minimum Gasteiger partial charge on any atom is -0.464 e. The van der Waals surface area contributed by atoms with Gasteiger partial charge in [0.2, 0.25) is 0 Å². The maximum Gasteiger partial charge on any atom is 0.360 e. The summed E-state index contributed by atoms with van der Waals surface area (Å²) in [6.07, 6.45) is 0. The number of nitrogens with two attached hydrogens (primary N) is 1. The molecular formula is C12H10F3N3O2. The third kappa shape index (κ3) is 1.98. The molecule has 0 amide bonds. The van der Waals surface area contributed by atoms with Gasteiger partial charge in [0.25, 0.3) is 0 Å². The largest absolute Gasteiger partial charge is 0.464 e. The van der Waals surface area contributed by atoms with Gasteiger partial charge in [-0.05, 0) is 19.1 Å². The molecule has 0 saturated carbocycles. The number of ether oxygens (including phenoxy) is 1. The Morgan fingerprint density at radius 3 is 2.55 bits per heavy atom. The molecule has 106 valence electrons. The van der Waals surface area contributed by atoms with Gasteiger partial charge in [-0.3, -0.25) is 4.57 Å². The number of imidazole rings is 1. The molecule has 0 saturated heterocycles. The number of hydrogen-bond acceptors (Lipinski definition) is 4. The van der Waals surface area contributed by atoms with Crippen LogP contribution in [0.25, 0.3) is 5.69 Å². The summed E-state index contributed by atoms with van der Waals surface area (Å²) >= 11 is 0. The van der Waals surface area contributed by atoms with E-state index in [1.165, 1.54) is 6.92 Å². The summed E-state index contributed by atoms with van der Waals surface area (Å²) in [5, 5.41) is 0. The number of esters is 1. The summed E-state index contributed by atoms with van der Waals surface area (Å²) in [6.45, 7) is 1.43. The summed E-state index contributed by atoms with van der Waals surface area (Å²) in [5.74, 6) is -5.28. The van der Waals surface area contributed by atoms with Crippen molar-refractivity contribution in [3.05, 3.63) is 41.1 Å². The Labute approximate surface area is 111 Å². The molecule has 0 aliphatic carbocycles. The highest BCUT2D eigenvalue weighted by atomic mass is 19.2. The molecule has 0 aliphatic rings. The highest BCUT2D eigenvalue weighted by Crippen LogP contribution is 2.25. The zero-order valence-corrected chi connectivity index (χ0v) is 10.6. The predicted octanol–water partition coefficient (Wildman–Crippen LogP) is 1.97. The minimum absolute atomic E-state index is 0.132. The van der Waals surface area contributed by atoms with E-state index in [4.69, 9.17) is 5.73 Å². The molecule has 1 aromatic carbocycles. The fourth-order valence-corrected chi connectivity index (χ4v) is 1.79. The van der Waals surface area contributed by atoms with Crippen molar-refractivity contribution in [1.29, 1.82) is 0 Å². The first-order valence-corrected chi connectivity index (χ1v) is 5.45. The fourth-order valence-electron chi connectivity index (χ4n) is 1.79. The molecule has 0 unspecified atom stereocenters. The molecule has 0 radical (unpaired) electrons. The number of halogens is 3. The van der Waals surface area contributed by atoms with Crippen LogP contribution < -0.4 is 5.73 Å².